The second-order valence-electron chi connectivity index (χ2n) is 6.65. The number of nitrogens with zero attached hydrogens (tertiary/aromatic N) is 1. The third kappa shape index (κ3) is 3.26. The van der Waals surface area contributed by atoms with Gasteiger partial charge in [0.1, 0.15) is 6.10 Å². The first kappa shape index (κ1) is 16.4. The number of nitrogens with two attached hydrogens (primary N) is 1. The van der Waals surface area contributed by atoms with Crippen LogP contribution < -0.4 is 5.73 Å². The molecular formula is C15H22Br2N2O. The molecule has 2 rings (SSSR count). The average Bonchev–Trinajstić information content (AvgIpc) is 2.39. The van der Waals surface area contributed by atoms with Gasteiger partial charge in [-0.1, -0.05) is 13.8 Å². The first-order chi connectivity index (χ1) is 9.30. The number of aliphatic hydroxyl groups is 1. The number of pyridine rings is 1. The molecule has 0 amide bonds. The number of rotatable bonds is 3. The van der Waals surface area contributed by atoms with Crippen molar-refractivity contribution in [3.8, 4) is 0 Å². The molecule has 0 aliphatic heterocycles. The highest BCUT2D eigenvalue weighted by atomic mass is 79.9. The molecule has 1 unspecified atom stereocenters. The molecule has 112 valence electrons. The van der Waals surface area contributed by atoms with Crippen molar-refractivity contribution in [1.82, 2.24) is 4.98 Å². The average molecular weight is 406 g/mol. The molecule has 3 N–H and O–H groups in total. The van der Waals surface area contributed by atoms with E-state index >= 15 is 0 Å². The van der Waals surface area contributed by atoms with E-state index in [0.717, 1.165) is 34.6 Å². The topological polar surface area (TPSA) is 59.1 Å². The van der Waals surface area contributed by atoms with E-state index in [1.165, 1.54) is 0 Å². The maximum absolute atomic E-state index is 10.8. The summed E-state index contributed by atoms with van der Waals surface area (Å²) in [6, 6.07) is 1.92. The number of halogens is 2. The van der Waals surface area contributed by atoms with Crippen LogP contribution in [0.25, 0.3) is 0 Å². The Balaban J connectivity index is 2.27. The van der Waals surface area contributed by atoms with Gasteiger partial charge in [-0.15, -0.1) is 0 Å². The number of hydrogen-bond donors (Lipinski definition) is 2. The molecule has 0 saturated heterocycles. The van der Waals surface area contributed by atoms with Gasteiger partial charge in [-0.2, -0.15) is 0 Å². The summed E-state index contributed by atoms with van der Waals surface area (Å²) in [6.45, 7) is 5.07. The van der Waals surface area contributed by atoms with Gasteiger partial charge in [0, 0.05) is 27.1 Å². The summed E-state index contributed by atoms with van der Waals surface area (Å²) in [7, 11) is 0. The molecule has 0 spiro atoms. The fourth-order valence-corrected chi connectivity index (χ4v) is 4.13. The van der Waals surface area contributed by atoms with E-state index in [9.17, 15) is 5.11 Å². The molecule has 1 heterocycles. The van der Waals surface area contributed by atoms with Crippen LogP contribution in [-0.4, -0.2) is 16.6 Å². The van der Waals surface area contributed by atoms with Crippen LogP contribution in [0.2, 0.25) is 0 Å². The SMILES string of the molecule is CC1(C)CCC(CN)(C(O)c2ncc(Br)cc2Br)CC1. The predicted octanol–water partition coefficient (Wildman–Crippen LogP) is 4.19. The van der Waals surface area contributed by atoms with Crippen molar-refractivity contribution in [1.29, 1.82) is 0 Å². The summed E-state index contributed by atoms with van der Waals surface area (Å²) in [5.74, 6) is 0. The lowest BCUT2D eigenvalue weighted by atomic mass is 9.62. The Morgan fingerprint density at radius 2 is 1.90 bits per heavy atom. The Labute approximate surface area is 137 Å². The van der Waals surface area contributed by atoms with Crippen molar-refractivity contribution in [2.75, 3.05) is 6.54 Å². The van der Waals surface area contributed by atoms with E-state index < -0.39 is 6.10 Å². The van der Waals surface area contributed by atoms with Gasteiger partial charge in [-0.05, 0) is 69.0 Å². The lowest BCUT2D eigenvalue weighted by Gasteiger charge is -2.45. The fourth-order valence-electron chi connectivity index (χ4n) is 2.93. The molecule has 1 aliphatic carbocycles. The molecule has 5 heteroatoms. The minimum Gasteiger partial charge on any atom is -0.386 e. The predicted molar refractivity (Wildman–Crippen MR) is 88.3 cm³/mol. The minimum absolute atomic E-state index is 0.251. The third-order valence-electron chi connectivity index (χ3n) is 4.68. The minimum atomic E-state index is -0.619. The molecule has 1 saturated carbocycles. The quantitative estimate of drug-likeness (QED) is 0.792. The zero-order valence-electron chi connectivity index (χ0n) is 12.0. The zero-order chi connectivity index (χ0) is 15.0. The Morgan fingerprint density at radius 3 is 2.40 bits per heavy atom. The van der Waals surface area contributed by atoms with Crippen LogP contribution in [0.5, 0.6) is 0 Å². The van der Waals surface area contributed by atoms with Gasteiger partial charge < -0.3 is 10.8 Å². The van der Waals surface area contributed by atoms with Crippen LogP contribution >= 0.6 is 31.9 Å². The Bertz CT molecular complexity index is 481. The monoisotopic (exact) mass is 404 g/mol. The molecule has 1 fully saturated rings. The summed E-state index contributed by atoms with van der Waals surface area (Å²) < 4.78 is 1.73. The lowest BCUT2D eigenvalue weighted by molar-refractivity contribution is -0.0263. The maximum atomic E-state index is 10.8. The summed E-state index contributed by atoms with van der Waals surface area (Å²) in [6.07, 6.45) is 5.18. The second-order valence-corrected chi connectivity index (χ2v) is 8.42. The smallest absolute Gasteiger partial charge is 0.104 e. The van der Waals surface area contributed by atoms with Crippen LogP contribution in [-0.2, 0) is 0 Å². The summed E-state index contributed by atoms with van der Waals surface area (Å²) in [4.78, 5) is 4.38. The van der Waals surface area contributed by atoms with Crippen molar-refractivity contribution in [2.45, 2.75) is 45.6 Å². The van der Waals surface area contributed by atoms with Crippen molar-refractivity contribution >= 4 is 31.9 Å². The van der Waals surface area contributed by atoms with E-state index in [0.29, 0.717) is 17.7 Å². The van der Waals surface area contributed by atoms with Gasteiger partial charge in [0.25, 0.3) is 0 Å². The Hall–Kier alpha value is 0.0300. The van der Waals surface area contributed by atoms with E-state index in [4.69, 9.17) is 5.73 Å². The van der Waals surface area contributed by atoms with Crippen molar-refractivity contribution in [3.63, 3.8) is 0 Å². The highest BCUT2D eigenvalue weighted by Crippen LogP contribution is 2.51. The molecule has 0 aromatic carbocycles. The first-order valence-electron chi connectivity index (χ1n) is 6.99. The van der Waals surface area contributed by atoms with Crippen LogP contribution in [0.15, 0.2) is 21.2 Å². The molecular weight excluding hydrogens is 384 g/mol. The van der Waals surface area contributed by atoms with E-state index in [1.807, 2.05) is 6.07 Å². The summed E-state index contributed by atoms with van der Waals surface area (Å²) in [5.41, 5.74) is 6.82. The third-order valence-corrected chi connectivity index (χ3v) is 5.75. The molecule has 1 aromatic heterocycles. The molecule has 1 aliphatic rings. The highest BCUT2D eigenvalue weighted by Gasteiger charge is 2.44. The van der Waals surface area contributed by atoms with Gasteiger partial charge in [-0.25, -0.2) is 0 Å². The lowest BCUT2D eigenvalue weighted by Crippen LogP contribution is -2.42. The van der Waals surface area contributed by atoms with E-state index in [1.54, 1.807) is 6.20 Å². The number of aromatic nitrogens is 1. The normalized spacial score (nSPS) is 22.5. The van der Waals surface area contributed by atoms with E-state index in [-0.39, 0.29) is 5.41 Å². The van der Waals surface area contributed by atoms with Gasteiger partial charge >= 0.3 is 0 Å². The Morgan fingerprint density at radius 1 is 1.30 bits per heavy atom. The standard InChI is InChI=1S/C15H22Br2N2O/c1-14(2)3-5-15(9-18,6-4-14)13(20)12-11(17)7-10(16)8-19-12/h7-8,13,20H,3-6,9,18H2,1-2H3. The second kappa shape index (κ2) is 6.03. The van der Waals surface area contributed by atoms with Crippen LogP contribution in [0, 0.1) is 10.8 Å². The molecule has 0 radical (unpaired) electrons. The molecule has 20 heavy (non-hydrogen) atoms. The largest absolute Gasteiger partial charge is 0.386 e. The zero-order valence-corrected chi connectivity index (χ0v) is 15.2. The molecule has 3 nitrogen and oxygen atoms in total. The Kier molecular flexibility index (Phi) is 4.95. The van der Waals surface area contributed by atoms with Crippen LogP contribution in [0.3, 0.4) is 0 Å². The van der Waals surface area contributed by atoms with Gasteiger partial charge in [-0.3, -0.25) is 4.98 Å². The van der Waals surface area contributed by atoms with Crippen molar-refractivity contribution < 1.29 is 5.11 Å². The number of aliphatic hydroxyl groups excluding tert-OH is 1. The molecule has 1 aromatic rings. The summed E-state index contributed by atoms with van der Waals surface area (Å²) in [5, 5.41) is 10.8. The van der Waals surface area contributed by atoms with Crippen LogP contribution in [0.4, 0.5) is 0 Å². The number of hydrogen-bond acceptors (Lipinski definition) is 3. The first-order valence-corrected chi connectivity index (χ1v) is 8.57. The fraction of sp³-hybridized carbons (Fsp3) is 0.667. The molecule has 1 atom stereocenters. The maximum Gasteiger partial charge on any atom is 0.104 e. The highest BCUT2D eigenvalue weighted by molar-refractivity contribution is 9.11. The van der Waals surface area contributed by atoms with E-state index in [2.05, 4.69) is 50.7 Å². The van der Waals surface area contributed by atoms with Crippen molar-refractivity contribution in [2.24, 2.45) is 16.6 Å². The molecule has 0 bridgehead atoms. The van der Waals surface area contributed by atoms with Gasteiger partial charge in [0.15, 0.2) is 0 Å². The van der Waals surface area contributed by atoms with Crippen molar-refractivity contribution in [3.05, 3.63) is 26.9 Å². The van der Waals surface area contributed by atoms with Gasteiger partial charge in [0.2, 0.25) is 0 Å². The van der Waals surface area contributed by atoms with Crippen LogP contribution in [0.1, 0.15) is 51.3 Å². The summed E-state index contributed by atoms with van der Waals surface area (Å²) >= 11 is 6.88. The van der Waals surface area contributed by atoms with Gasteiger partial charge in [0.05, 0.1) is 5.69 Å².